The molecular formula is C26H19ClF2N4O2. The highest BCUT2D eigenvalue weighted by Crippen LogP contribution is 2.25. The van der Waals surface area contributed by atoms with Crippen LogP contribution in [0.15, 0.2) is 60.7 Å². The van der Waals surface area contributed by atoms with E-state index in [1.165, 1.54) is 28.9 Å². The summed E-state index contributed by atoms with van der Waals surface area (Å²) in [4.78, 5) is 12.6. The van der Waals surface area contributed by atoms with Gasteiger partial charge in [-0.15, -0.1) is 0 Å². The topological polar surface area (TPSA) is 79.9 Å². The standard InChI is InChI=1S/C26H19ClF2N4O2/c1-15-25(27)16(2)33(32-15)24-10-7-20(12-23(24)29)31-26(34)18-5-8-21(9-6-18)35-14-19-4-3-17(13-30)11-22(19)28/h3-12H,14H2,1-2H3,(H,31,34). The highest BCUT2D eigenvalue weighted by atomic mass is 35.5. The molecule has 0 radical (unpaired) electrons. The number of hydrogen-bond donors (Lipinski definition) is 1. The fraction of sp³-hybridized carbons (Fsp3) is 0.115. The number of benzene rings is 3. The number of hydrogen-bond acceptors (Lipinski definition) is 4. The maximum absolute atomic E-state index is 14.7. The van der Waals surface area contributed by atoms with Crippen molar-refractivity contribution in [2.24, 2.45) is 0 Å². The van der Waals surface area contributed by atoms with Crippen LogP contribution in [-0.2, 0) is 6.61 Å². The molecule has 0 aliphatic carbocycles. The van der Waals surface area contributed by atoms with Crippen LogP contribution >= 0.6 is 11.6 Å². The Kier molecular flexibility index (Phi) is 6.80. The summed E-state index contributed by atoms with van der Waals surface area (Å²) < 4.78 is 35.7. The molecule has 0 atom stereocenters. The van der Waals surface area contributed by atoms with Gasteiger partial charge in [-0.05, 0) is 68.4 Å². The van der Waals surface area contributed by atoms with Gasteiger partial charge in [0, 0.05) is 16.8 Å². The van der Waals surface area contributed by atoms with Crippen molar-refractivity contribution in [1.82, 2.24) is 9.78 Å². The number of ether oxygens (including phenoxy) is 1. The molecule has 176 valence electrons. The van der Waals surface area contributed by atoms with Crippen LogP contribution in [-0.4, -0.2) is 15.7 Å². The monoisotopic (exact) mass is 492 g/mol. The molecule has 0 bridgehead atoms. The first-order valence-electron chi connectivity index (χ1n) is 10.5. The third-order valence-electron chi connectivity index (χ3n) is 5.33. The zero-order valence-electron chi connectivity index (χ0n) is 18.8. The molecule has 1 N–H and O–H groups in total. The van der Waals surface area contributed by atoms with Gasteiger partial charge in [0.1, 0.15) is 23.9 Å². The second-order valence-corrected chi connectivity index (χ2v) is 8.13. The molecule has 6 nitrogen and oxygen atoms in total. The summed E-state index contributed by atoms with van der Waals surface area (Å²) in [7, 11) is 0. The molecule has 0 aliphatic heterocycles. The first-order chi connectivity index (χ1) is 16.8. The van der Waals surface area contributed by atoms with Gasteiger partial charge in [0.25, 0.3) is 5.91 Å². The fourth-order valence-corrected chi connectivity index (χ4v) is 3.53. The Balaban J connectivity index is 1.41. The highest BCUT2D eigenvalue weighted by Gasteiger charge is 2.15. The van der Waals surface area contributed by atoms with Gasteiger partial charge in [0.05, 0.1) is 28.0 Å². The van der Waals surface area contributed by atoms with Crippen molar-refractivity contribution >= 4 is 23.2 Å². The number of nitriles is 1. The molecule has 0 saturated carbocycles. The van der Waals surface area contributed by atoms with Gasteiger partial charge in [0.15, 0.2) is 5.82 Å². The summed E-state index contributed by atoms with van der Waals surface area (Å²) in [5.41, 5.74) is 2.57. The SMILES string of the molecule is Cc1nn(-c2ccc(NC(=O)c3ccc(OCc4ccc(C#N)cc4F)cc3)cc2F)c(C)c1Cl. The van der Waals surface area contributed by atoms with Gasteiger partial charge in [-0.2, -0.15) is 10.4 Å². The Bertz CT molecular complexity index is 1460. The lowest BCUT2D eigenvalue weighted by atomic mass is 10.1. The molecule has 35 heavy (non-hydrogen) atoms. The maximum Gasteiger partial charge on any atom is 0.255 e. The van der Waals surface area contributed by atoms with E-state index in [4.69, 9.17) is 21.6 Å². The number of rotatable bonds is 6. The third-order valence-corrected chi connectivity index (χ3v) is 5.88. The molecule has 1 aromatic heterocycles. The second-order valence-electron chi connectivity index (χ2n) is 7.75. The molecule has 0 fully saturated rings. The van der Waals surface area contributed by atoms with Crippen LogP contribution in [0.5, 0.6) is 5.75 Å². The minimum Gasteiger partial charge on any atom is -0.489 e. The van der Waals surface area contributed by atoms with Gasteiger partial charge >= 0.3 is 0 Å². The lowest BCUT2D eigenvalue weighted by molar-refractivity contribution is 0.102. The Morgan fingerprint density at radius 1 is 1.09 bits per heavy atom. The average molecular weight is 493 g/mol. The number of carbonyl (C=O) groups is 1. The van der Waals surface area contributed by atoms with E-state index in [2.05, 4.69) is 10.4 Å². The summed E-state index contributed by atoms with van der Waals surface area (Å²) in [6, 6.07) is 16.6. The van der Waals surface area contributed by atoms with Crippen molar-refractivity contribution < 1.29 is 18.3 Å². The molecule has 4 aromatic rings. The molecule has 0 saturated heterocycles. The van der Waals surface area contributed by atoms with Crippen LogP contribution in [0.2, 0.25) is 5.02 Å². The van der Waals surface area contributed by atoms with Crippen molar-refractivity contribution in [2.75, 3.05) is 5.32 Å². The first-order valence-corrected chi connectivity index (χ1v) is 10.9. The number of nitrogens with one attached hydrogen (secondary N) is 1. The predicted octanol–water partition coefficient (Wildman–Crippen LogP) is 6.12. The van der Waals surface area contributed by atoms with E-state index in [-0.39, 0.29) is 23.5 Å². The molecular weight excluding hydrogens is 474 g/mol. The number of amides is 1. The number of anilines is 1. The van der Waals surface area contributed by atoms with E-state index in [1.807, 2.05) is 6.07 Å². The van der Waals surface area contributed by atoms with Crippen molar-refractivity contribution in [3.05, 3.63) is 105 Å². The van der Waals surface area contributed by atoms with E-state index in [0.717, 1.165) is 6.07 Å². The average Bonchev–Trinajstić information content (AvgIpc) is 3.10. The molecule has 1 amide bonds. The van der Waals surface area contributed by atoms with Crippen molar-refractivity contribution in [2.45, 2.75) is 20.5 Å². The van der Waals surface area contributed by atoms with Crippen LogP contribution in [0.4, 0.5) is 14.5 Å². The second kappa shape index (κ2) is 9.95. The Labute approximate surface area is 205 Å². The molecule has 1 heterocycles. The van der Waals surface area contributed by atoms with Gasteiger partial charge in [-0.25, -0.2) is 13.5 Å². The minimum absolute atomic E-state index is 0.0326. The number of aryl methyl sites for hydroxylation is 1. The third kappa shape index (κ3) is 5.15. The number of nitrogens with zero attached hydrogens (tertiary/aromatic N) is 3. The summed E-state index contributed by atoms with van der Waals surface area (Å²) in [5, 5.41) is 16.2. The normalized spacial score (nSPS) is 10.6. The van der Waals surface area contributed by atoms with Crippen LogP contribution in [0, 0.1) is 36.8 Å². The Morgan fingerprint density at radius 2 is 1.83 bits per heavy atom. The zero-order valence-corrected chi connectivity index (χ0v) is 19.5. The lowest BCUT2D eigenvalue weighted by Crippen LogP contribution is -2.12. The number of aromatic nitrogens is 2. The molecule has 0 aliphatic rings. The summed E-state index contributed by atoms with van der Waals surface area (Å²) in [5.74, 6) is -1.09. The molecule has 0 spiro atoms. The van der Waals surface area contributed by atoms with Crippen molar-refractivity contribution in [1.29, 1.82) is 5.26 Å². The van der Waals surface area contributed by atoms with Crippen LogP contribution in [0.25, 0.3) is 5.69 Å². The number of carbonyl (C=O) groups excluding carboxylic acids is 1. The molecule has 4 rings (SSSR count). The van der Waals surface area contributed by atoms with E-state index < -0.39 is 17.5 Å². The summed E-state index contributed by atoms with van der Waals surface area (Å²) >= 11 is 6.15. The van der Waals surface area contributed by atoms with Gasteiger partial charge in [-0.1, -0.05) is 17.7 Å². The Morgan fingerprint density at radius 3 is 2.43 bits per heavy atom. The van der Waals surface area contributed by atoms with E-state index >= 15 is 0 Å². The van der Waals surface area contributed by atoms with Crippen molar-refractivity contribution in [3.8, 4) is 17.5 Å². The maximum atomic E-state index is 14.7. The first kappa shape index (κ1) is 23.9. The molecule has 9 heteroatoms. The fourth-order valence-electron chi connectivity index (χ4n) is 3.42. The smallest absolute Gasteiger partial charge is 0.255 e. The predicted molar refractivity (Wildman–Crippen MR) is 128 cm³/mol. The van der Waals surface area contributed by atoms with Gasteiger partial charge in [-0.3, -0.25) is 4.79 Å². The molecule has 0 unspecified atom stereocenters. The zero-order chi connectivity index (χ0) is 25.1. The highest BCUT2D eigenvalue weighted by molar-refractivity contribution is 6.31. The van der Waals surface area contributed by atoms with Crippen molar-refractivity contribution in [3.63, 3.8) is 0 Å². The summed E-state index contributed by atoms with van der Waals surface area (Å²) in [6.45, 7) is 3.45. The quantitative estimate of drug-likeness (QED) is 0.351. The van der Waals surface area contributed by atoms with Crippen LogP contribution < -0.4 is 10.1 Å². The number of halogens is 3. The van der Waals surface area contributed by atoms with Gasteiger partial charge in [0.2, 0.25) is 0 Å². The Hall–Kier alpha value is -4.22. The lowest BCUT2D eigenvalue weighted by Gasteiger charge is -2.10. The minimum atomic E-state index is -0.566. The largest absolute Gasteiger partial charge is 0.489 e. The van der Waals surface area contributed by atoms with E-state index in [1.54, 1.807) is 44.2 Å². The van der Waals surface area contributed by atoms with Crippen LogP contribution in [0.3, 0.4) is 0 Å². The summed E-state index contributed by atoms with van der Waals surface area (Å²) in [6.07, 6.45) is 0. The van der Waals surface area contributed by atoms with Crippen LogP contribution in [0.1, 0.15) is 32.9 Å². The molecule has 3 aromatic carbocycles. The van der Waals surface area contributed by atoms with E-state index in [0.29, 0.717) is 33.3 Å². The van der Waals surface area contributed by atoms with Gasteiger partial charge < -0.3 is 10.1 Å². The van der Waals surface area contributed by atoms with E-state index in [9.17, 15) is 13.6 Å².